The summed E-state index contributed by atoms with van der Waals surface area (Å²) in [4.78, 5) is 4.75. The summed E-state index contributed by atoms with van der Waals surface area (Å²) in [7, 11) is 0. The molecule has 0 N–H and O–H groups in total. The highest BCUT2D eigenvalue weighted by atomic mass is 35.5. The minimum Gasteiger partial charge on any atom is -0.309 e. The molecule has 5 aromatic carbocycles. The number of hydrogen-bond donors (Lipinski definition) is 0. The predicted molar refractivity (Wildman–Crippen MR) is 183 cm³/mol. The average molecular weight is 593 g/mol. The summed E-state index contributed by atoms with van der Waals surface area (Å²) in [6.07, 6.45) is 8.33. The maximum absolute atomic E-state index is 7.61. The van der Waals surface area contributed by atoms with Crippen molar-refractivity contribution in [2.24, 2.45) is 23.7 Å². The van der Waals surface area contributed by atoms with Crippen molar-refractivity contribution in [2.45, 2.75) is 43.9 Å². The predicted octanol–water partition coefficient (Wildman–Crippen LogP) is 11.7. The Morgan fingerprint density at radius 1 is 0.568 bits per heavy atom. The van der Waals surface area contributed by atoms with E-state index in [1.54, 1.807) is 0 Å². The van der Waals surface area contributed by atoms with Gasteiger partial charge in [-0.3, -0.25) is 0 Å². The molecule has 9 rings (SSSR count). The van der Waals surface area contributed by atoms with Gasteiger partial charge in [0, 0.05) is 16.8 Å². The number of nitrogens with zero attached hydrogens (tertiary/aromatic N) is 2. The quantitative estimate of drug-likeness (QED) is 0.205. The molecule has 0 radical (unpaired) electrons. The molecule has 3 saturated carbocycles. The fourth-order valence-corrected chi connectivity index (χ4v) is 10.2. The molecule has 0 amide bonds. The maximum Gasteiger partial charge on any atom is 0.0887 e. The molecule has 1 aliphatic heterocycles. The zero-order chi connectivity index (χ0) is 29.3. The highest BCUT2D eigenvalue weighted by Gasteiger charge is 2.61. The van der Waals surface area contributed by atoms with Crippen LogP contribution in [0.1, 0.15) is 49.7 Å². The lowest BCUT2D eigenvalue weighted by Gasteiger charge is -2.63. The van der Waals surface area contributed by atoms with Gasteiger partial charge < -0.3 is 9.80 Å². The van der Waals surface area contributed by atoms with Gasteiger partial charge in [0.1, 0.15) is 0 Å². The summed E-state index contributed by atoms with van der Waals surface area (Å²) in [5, 5.41) is 0.753. The molecule has 0 aromatic heterocycles. The number of halogens is 1. The van der Waals surface area contributed by atoms with Crippen LogP contribution in [0.15, 0.2) is 127 Å². The third-order valence-corrected chi connectivity index (χ3v) is 11.9. The molecule has 5 aromatic rings. The second-order valence-electron chi connectivity index (χ2n) is 13.4. The molecule has 3 heteroatoms. The van der Waals surface area contributed by atoms with Gasteiger partial charge in [0.25, 0.3) is 0 Å². The third-order valence-electron chi connectivity index (χ3n) is 11.5. The highest BCUT2D eigenvalue weighted by molar-refractivity contribution is 6.36. The SMILES string of the molecule is Clc1c(N(c2ccccc2)c2ccccc2)cccc1N1c2ccccc2C2(c3ccccc31)C1CCC3CCC(C1)CC32. The summed E-state index contributed by atoms with van der Waals surface area (Å²) in [5.41, 5.74) is 9.88. The van der Waals surface area contributed by atoms with Crippen molar-refractivity contribution in [2.75, 3.05) is 9.80 Å². The standard InChI is InChI=1S/C41H37ClN2/c42-40-38(43(31-12-3-1-4-13-31)32-14-5-2-6-15-32)20-11-21-39(40)44-36-18-9-7-16-33(36)41(34-17-8-10-19-37(34)44)30-25-24-29-23-22-28(26-30)27-35(29)41/h1-21,28-30,35H,22-27H2. The molecule has 3 fully saturated rings. The fraction of sp³-hybridized carbons (Fsp3) is 0.268. The van der Waals surface area contributed by atoms with Crippen molar-refractivity contribution in [3.8, 4) is 0 Å². The lowest BCUT2D eigenvalue weighted by molar-refractivity contribution is -0.0342. The number of anilines is 6. The fourth-order valence-electron chi connectivity index (χ4n) is 9.93. The van der Waals surface area contributed by atoms with Crippen molar-refractivity contribution in [1.82, 2.24) is 0 Å². The van der Waals surface area contributed by atoms with Crippen molar-refractivity contribution in [3.05, 3.63) is 144 Å². The van der Waals surface area contributed by atoms with Crippen LogP contribution in [0.25, 0.3) is 0 Å². The molecule has 4 unspecified atom stereocenters. The van der Waals surface area contributed by atoms with Crippen LogP contribution in [0, 0.1) is 23.7 Å². The van der Waals surface area contributed by atoms with E-state index in [4.69, 9.17) is 11.6 Å². The molecule has 44 heavy (non-hydrogen) atoms. The van der Waals surface area contributed by atoms with E-state index in [-0.39, 0.29) is 5.41 Å². The summed E-state index contributed by atoms with van der Waals surface area (Å²) >= 11 is 7.61. The van der Waals surface area contributed by atoms with Crippen molar-refractivity contribution < 1.29 is 0 Å². The normalized spacial score (nSPS) is 24.1. The Morgan fingerprint density at radius 3 is 1.80 bits per heavy atom. The van der Waals surface area contributed by atoms with Crippen molar-refractivity contribution >= 4 is 45.7 Å². The average Bonchev–Trinajstić information content (AvgIpc) is 3.07. The van der Waals surface area contributed by atoms with Crippen LogP contribution in [-0.4, -0.2) is 0 Å². The Bertz CT molecular complexity index is 1740. The van der Waals surface area contributed by atoms with Crippen LogP contribution < -0.4 is 9.80 Å². The van der Waals surface area contributed by atoms with E-state index in [2.05, 4.69) is 137 Å². The number of fused-ring (bicyclic) bond motifs is 3. The second-order valence-corrected chi connectivity index (χ2v) is 13.8. The topological polar surface area (TPSA) is 6.48 Å². The molecule has 0 saturated heterocycles. The van der Waals surface area contributed by atoms with E-state index >= 15 is 0 Å². The number of benzene rings is 5. The largest absolute Gasteiger partial charge is 0.309 e. The lowest BCUT2D eigenvalue weighted by atomic mass is 9.42. The van der Waals surface area contributed by atoms with Crippen molar-refractivity contribution in [3.63, 3.8) is 0 Å². The number of hydrogen-bond acceptors (Lipinski definition) is 2. The van der Waals surface area contributed by atoms with Gasteiger partial charge in [0.15, 0.2) is 0 Å². The van der Waals surface area contributed by atoms with Gasteiger partial charge in [0.2, 0.25) is 0 Å². The smallest absolute Gasteiger partial charge is 0.0887 e. The van der Waals surface area contributed by atoms with Gasteiger partial charge in [-0.05, 0) is 115 Å². The van der Waals surface area contributed by atoms with Gasteiger partial charge in [-0.1, -0.05) is 96.9 Å². The first-order valence-electron chi connectivity index (χ1n) is 16.4. The van der Waals surface area contributed by atoms with Gasteiger partial charge in [-0.2, -0.15) is 0 Å². The van der Waals surface area contributed by atoms with Crippen LogP contribution in [0.5, 0.6) is 0 Å². The molecule has 1 spiro atoms. The molecule has 3 bridgehead atoms. The Morgan fingerprint density at radius 2 is 1.14 bits per heavy atom. The second kappa shape index (κ2) is 10.3. The van der Waals surface area contributed by atoms with Crippen LogP contribution in [-0.2, 0) is 5.41 Å². The highest BCUT2D eigenvalue weighted by Crippen LogP contribution is 2.69. The Labute approximate surface area is 265 Å². The van der Waals surface area contributed by atoms with Gasteiger partial charge in [-0.25, -0.2) is 0 Å². The Kier molecular flexibility index (Phi) is 6.17. The third kappa shape index (κ3) is 3.73. The first-order chi connectivity index (χ1) is 21.7. The number of para-hydroxylation sites is 4. The first kappa shape index (κ1) is 26.4. The molecular formula is C41H37ClN2. The summed E-state index contributed by atoms with van der Waals surface area (Å²) in [6, 6.07) is 46.2. The molecular weight excluding hydrogens is 556 g/mol. The Balaban J connectivity index is 1.26. The molecule has 4 aliphatic rings. The summed E-state index contributed by atoms with van der Waals surface area (Å²) in [5.74, 6) is 3.14. The Hall–Kier alpha value is -4.01. The van der Waals surface area contributed by atoms with Crippen molar-refractivity contribution in [1.29, 1.82) is 0 Å². The van der Waals surface area contributed by atoms with E-state index in [1.165, 1.54) is 61.0 Å². The van der Waals surface area contributed by atoms with Gasteiger partial charge in [0.05, 0.1) is 27.8 Å². The minimum atomic E-state index is 0.0771. The number of rotatable bonds is 4. The van der Waals surface area contributed by atoms with Gasteiger partial charge in [-0.15, -0.1) is 0 Å². The lowest BCUT2D eigenvalue weighted by Crippen LogP contribution is -2.57. The molecule has 218 valence electrons. The summed E-state index contributed by atoms with van der Waals surface area (Å²) < 4.78 is 0. The maximum atomic E-state index is 7.61. The van der Waals surface area contributed by atoms with Crippen LogP contribution in [0.2, 0.25) is 5.02 Å². The molecule has 4 atom stereocenters. The monoisotopic (exact) mass is 592 g/mol. The van der Waals surface area contributed by atoms with Crippen LogP contribution in [0.4, 0.5) is 34.1 Å². The van der Waals surface area contributed by atoms with E-state index in [0.29, 0.717) is 11.8 Å². The molecule has 2 nitrogen and oxygen atoms in total. The zero-order valence-electron chi connectivity index (χ0n) is 24.9. The van der Waals surface area contributed by atoms with Gasteiger partial charge >= 0.3 is 0 Å². The van der Waals surface area contributed by atoms with E-state index in [9.17, 15) is 0 Å². The van der Waals surface area contributed by atoms with Crippen LogP contribution in [0.3, 0.4) is 0 Å². The molecule has 1 heterocycles. The molecule has 3 aliphatic carbocycles. The first-order valence-corrected chi connectivity index (χ1v) is 16.8. The van der Waals surface area contributed by atoms with E-state index in [1.807, 2.05) is 0 Å². The van der Waals surface area contributed by atoms with Crippen LogP contribution >= 0.6 is 11.6 Å². The van der Waals surface area contributed by atoms with E-state index < -0.39 is 0 Å². The summed E-state index contributed by atoms with van der Waals surface area (Å²) in [6.45, 7) is 0. The van der Waals surface area contributed by atoms with E-state index in [0.717, 1.165) is 39.6 Å². The minimum absolute atomic E-state index is 0.0771. The zero-order valence-corrected chi connectivity index (χ0v) is 25.7.